The van der Waals surface area contributed by atoms with Crippen LogP contribution in [0.4, 0.5) is 5.69 Å². The normalized spacial score (nSPS) is 19.6. The molecule has 0 bridgehead atoms. The van der Waals surface area contributed by atoms with E-state index in [9.17, 15) is 0 Å². The fourth-order valence-electron chi connectivity index (χ4n) is 2.80. The zero-order valence-corrected chi connectivity index (χ0v) is 13.9. The van der Waals surface area contributed by atoms with E-state index in [4.69, 9.17) is 23.8 Å². The largest absolute Gasteiger partial charge is 0.346 e. The second kappa shape index (κ2) is 7.28. The third-order valence-corrected chi connectivity index (χ3v) is 4.86. The number of nitrogens with one attached hydrogen (secondary N) is 1. The summed E-state index contributed by atoms with van der Waals surface area (Å²) in [5, 5.41) is 5.00. The molecule has 20 heavy (non-hydrogen) atoms. The SMILES string of the molecule is CCC1CCCCCN1C(=S)Nc1cccc(Cl)c1C. The van der Waals surface area contributed by atoms with Gasteiger partial charge in [-0.15, -0.1) is 0 Å². The maximum Gasteiger partial charge on any atom is 0.173 e. The van der Waals surface area contributed by atoms with E-state index in [1.165, 1.54) is 25.7 Å². The Morgan fingerprint density at radius 3 is 2.95 bits per heavy atom. The molecule has 2 rings (SSSR count). The zero-order chi connectivity index (χ0) is 14.5. The van der Waals surface area contributed by atoms with E-state index in [0.717, 1.165) is 34.4 Å². The molecule has 0 saturated carbocycles. The predicted octanol–water partition coefficient (Wildman–Crippen LogP) is 5.00. The molecule has 0 amide bonds. The van der Waals surface area contributed by atoms with Gasteiger partial charge in [0.1, 0.15) is 0 Å². The summed E-state index contributed by atoms with van der Waals surface area (Å²) in [7, 11) is 0. The van der Waals surface area contributed by atoms with Crippen molar-refractivity contribution in [3.05, 3.63) is 28.8 Å². The van der Waals surface area contributed by atoms with Gasteiger partial charge in [-0.3, -0.25) is 0 Å². The lowest BCUT2D eigenvalue weighted by molar-refractivity contribution is 0.311. The summed E-state index contributed by atoms with van der Waals surface area (Å²) in [4.78, 5) is 2.36. The molecule has 0 spiro atoms. The van der Waals surface area contributed by atoms with Crippen LogP contribution in [0.25, 0.3) is 0 Å². The van der Waals surface area contributed by atoms with Crippen LogP contribution in [-0.4, -0.2) is 22.6 Å². The van der Waals surface area contributed by atoms with E-state index in [2.05, 4.69) is 17.1 Å². The average Bonchev–Trinajstić information content (AvgIpc) is 2.69. The summed E-state index contributed by atoms with van der Waals surface area (Å²) in [6.45, 7) is 5.33. The number of hydrogen-bond acceptors (Lipinski definition) is 1. The highest BCUT2D eigenvalue weighted by atomic mass is 35.5. The molecule has 0 aliphatic carbocycles. The van der Waals surface area contributed by atoms with Crippen LogP contribution in [-0.2, 0) is 0 Å². The van der Waals surface area contributed by atoms with Crippen molar-refractivity contribution in [2.45, 2.75) is 52.0 Å². The van der Waals surface area contributed by atoms with Gasteiger partial charge < -0.3 is 10.2 Å². The van der Waals surface area contributed by atoms with Crippen LogP contribution in [0, 0.1) is 6.92 Å². The summed E-state index contributed by atoms with van der Waals surface area (Å²) in [6, 6.07) is 6.47. The van der Waals surface area contributed by atoms with Gasteiger partial charge >= 0.3 is 0 Å². The third-order valence-electron chi connectivity index (χ3n) is 4.12. The first kappa shape index (κ1) is 15.6. The molecule has 1 aromatic carbocycles. The lowest BCUT2D eigenvalue weighted by Crippen LogP contribution is -2.42. The van der Waals surface area contributed by atoms with E-state index < -0.39 is 0 Å². The Bertz CT molecular complexity index is 476. The maximum atomic E-state index is 6.17. The van der Waals surface area contributed by atoms with Gasteiger partial charge in [0.2, 0.25) is 0 Å². The van der Waals surface area contributed by atoms with Crippen LogP contribution in [0.15, 0.2) is 18.2 Å². The van der Waals surface area contributed by atoms with Crippen LogP contribution in [0.5, 0.6) is 0 Å². The molecule has 1 aliphatic heterocycles. The number of halogens is 1. The van der Waals surface area contributed by atoms with E-state index in [1.54, 1.807) is 0 Å². The van der Waals surface area contributed by atoms with Crippen molar-refractivity contribution in [1.29, 1.82) is 0 Å². The minimum Gasteiger partial charge on any atom is -0.346 e. The van der Waals surface area contributed by atoms with Gasteiger partial charge in [-0.25, -0.2) is 0 Å². The number of nitrogens with zero attached hydrogens (tertiary/aromatic N) is 1. The number of thiocarbonyl (C=S) groups is 1. The number of rotatable bonds is 2. The Balaban J connectivity index is 2.11. The van der Waals surface area contributed by atoms with E-state index in [-0.39, 0.29) is 0 Å². The lowest BCUT2D eigenvalue weighted by Gasteiger charge is -2.32. The lowest BCUT2D eigenvalue weighted by atomic mass is 10.1. The zero-order valence-electron chi connectivity index (χ0n) is 12.3. The maximum absolute atomic E-state index is 6.17. The monoisotopic (exact) mass is 310 g/mol. The Labute approximate surface area is 132 Å². The topological polar surface area (TPSA) is 15.3 Å². The van der Waals surface area contributed by atoms with Crippen molar-refractivity contribution in [1.82, 2.24) is 4.90 Å². The van der Waals surface area contributed by atoms with E-state index in [1.807, 2.05) is 25.1 Å². The quantitative estimate of drug-likeness (QED) is 0.774. The molecule has 1 aromatic rings. The third kappa shape index (κ3) is 3.64. The summed E-state index contributed by atoms with van der Waals surface area (Å²) in [5.74, 6) is 0. The Kier molecular flexibility index (Phi) is 5.67. The van der Waals surface area contributed by atoms with Gasteiger partial charge in [-0.1, -0.05) is 37.4 Å². The standard InChI is InChI=1S/C16H23ClN2S/c1-3-13-8-5-4-6-11-19(13)16(20)18-15-10-7-9-14(17)12(15)2/h7,9-10,13H,3-6,8,11H2,1-2H3,(H,18,20). The van der Waals surface area contributed by atoms with Gasteiger partial charge in [0, 0.05) is 23.3 Å². The van der Waals surface area contributed by atoms with Crippen LogP contribution >= 0.6 is 23.8 Å². The smallest absolute Gasteiger partial charge is 0.173 e. The fourth-order valence-corrected chi connectivity index (χ4v) is 3.32. The molecule has 1 atom stereocenters. The highest BCUT2D eigenvalue weighted by molar-refractivity contribution is 7.80. The first-order valence-corrected chi connectivity index (χ1v) is 8.24. The average molecular weight is 311 g/mol. The Hall–Kier alpha value is -0.800. The van der Waals surface area contributed by atoms with Gasteiger partial charge in [0.25, 0.3) is 0 Å². The minimum absolute atomic E-state index is 0.567. The number of benzene rings is 1. The van der Waals surface area contributed by atoms with Crippen LogP contribution < -0.4 is 5.32 Å². The van der Waals surface area contributed by atoms with Gasteiger partial charge in [0.05, 0.1) is 0 Å². The summed E-state index contributed by atoms with van der Waals surface area (Å²) < 4.78 is 0. The Morgan fingerprint density at radius 1 is 1.40 bits per heavy atom. The number of hydrogen-bond donors (Lipinski definition) is 1. The molecule has 1 aliphatic rings. The van der Waals surface area contributed by atoms with Gasteiger partial charge in [-0.2, -0.15) is 0 Å². The molecule has 4 heteroatoms. The molecule has 1 unspecified atom stereocenters. The van der Waals surface area contributed by atoms with Gasteiger partial charge in [0.15, 0.2) is 5.11 Å². The highest BCUT2D eigenvalue weighted by Gasteiger charge is 2.22. The number of likely N-dealkylation sites (tertiary alicyclic amines) is 1. The minimum atomic E-state index is 0.567. The fraction of sp³-hybridized carbons (Fsp3) is 0.562. The second-order valence-electron chi connectivity index (χ2n) is 5.45. The molecule has 1 heterocycles. The van der Waals surface area contributed by atoms with Crippen molar-refractivity contribution in [3.8, 4) is 0 Å². The highest BCUT2D eigenvalue weighted by Crippen LogP contribution is 2.25. The second-order valence-corrected chi connectivity index (χ2v) is 6.24. The van der Waals surface area contributed by atoms with Crippen LogP contribution in [0.2, 0.25) is 5.02 Å². The van der Waals surface area contributed by atoms with Crippen molar-refractivity contribution in [2.75, 3.05) is 11.9 Å². The molecule has 0 aromatic heterocycles. The molecule has 2 nitrogen and oxygen atoms in total. The molecule has 1 fully saturated rings. The summed E-state index contributed by atoms with van der Waals surface area (Å²) in [5.41, 5.74) is 2.07. The van der Waals surface area contributed by atoms with Crippen molar-refractivity contribution >= 4 is 34.6 Å². The molecule has 110 valence electrons. The molecule has 0 radical (unpaired) electrons. The van der Waals surface area contributed by atoms with Crippen molar-refractivity contribution in [2.24, 2.45) is 0 Å². The van der Waals surface area contributed by atoms with E-state index >= 15 is 0 Å². The first-order valence-electron chi connectivity index (χ1n) is 7.46. The van der Waals surface area contributed by atoms with E-state index in [0.29, 0.717) is 6.04 Å². The Morgan fingerprint density at radius 2 is 2.20 bits per heavy atom. The predicted molar refractivity (Wildman–Crippen MR) is 91.7 cm³/mol. The van der Waals surface area contributed by atoms with Crippen LogP contribution in [0.3, 0.4) is 0 Å². The molecular weight excluding hydrogens is 288 g/mol. The van der Waals surface area contributed by atoms with Crippen LogP contribution in [0.1, 0.15) is 44.6 Å². The van der Waals surface area contributed by atoms with Crippen molar-refractivity contribution < 1.29 is 0 Å². The summed E-state index contributed by atoms with van der Waals surface area (Å²) in [6.07, 6.45) is 6.25. The molecular formula is C16H23ClN2S. The number of anilines is 1. The van der Waals surface area contributed by atoms with Gasteiger partial charge in [-0.05, 0) is 56.1 Å². The molecule has 1 saturated heterocycles. The molecule has 1 N–H and O–H groups in total. The first-order chi connectivity index (χ1) is 9.63. The summed E-state index contributed by atoms with van der Waals surface area (Å²) >= 11 is 11.8. The van der Waals surface area contributed by atoms with Crippen molar-refractivity contribution in [3.63, 3.8) is 0 Å².